The number of aliphatic carboxylic acids is 3. The number of carbonyl (C=O) groups excluding carboxylic acids is 4. The molecule has 5 atom stereocenters. The van der Waals surface area contributed by atoms with Gasteiger partial charge in [-0.3, -0.25) is 33.6 Å². The van der Waals surface area contributed by atoms with Crippen molar-refractivity contribution in [3.05, 3.63) is 0 Å². The lowest BCUT2D eigenvalue weighted by molar-refractivity contribution is -0.142. The third-order valence-corrected chi connectivity index (χ3v) is 5.41. The van der Waals surface area contributed by atoms with Crippen LogP contribution in [0.2, 0.25) is 0 Å². The van der Waals surface area contributed by atoms with Crippen molar-refractivity contribution in [2.75, 3.05) is 13.2 Å². The lowest BCUT2D eigenvalue weighted by Gasteiger charge is -2.25. The van der Waals surface area contributed by atoms with Crippen molar-refractivity contribution in [2.24, 2.45) is 11.5 Å². The van der Waals surface area contributed by atoms with Crippen molar-refractivity contribution in [3.8, 4) is 0 Å². The predicted molar refractivity (Wildman–Crippen MR) is 133 cm³/mol. The zero-order valence-corrected chi connectivity index (χ0v) is 21.6. The molecule has 0 heterocycles. The monoisotopic (exact) mass is 562 g/mol. The molecule has 0 aromatic carbocycles. The van der Waals surface area contributed by atoms with Gasteiger partial charge in [-0.15, -0.1) is 0 Å². The van der Waals surface area contributed by atoms with Crippen LogP contribution in [0.25, 0.3) is 0 Å². The normalized spacial score (nSPS) is 14.6. The van der Waals surface area contributed by atoms with E-state index in [2.05, 4.69) is 21.3 Å². The number of rotatable bonds is 20. The maximum Gasteiger partial charge on any atom is 0.325 e. The van der Waals surface area contributed by atoms with Crippen LogP contribution < -0.4 is 32.7 Å². The smallest absolute Gasteiger partial charge is 0.325 e. The minimum absolute atomic E-state index is 0.0117. The zero-order chi connectivity index (χ0) is 30.1. The Morgan fingerprint density at radius 2 is 1.13 bits per heavy atom. The number of aliphatic hydroxyl groups excluding tert-OH is 1. The number of carboxylic acid groups (broad SMARTS) is 3. The molecule has 0 bridgehead atoms. The first-order valence-corrected chi connectivity index (χ1v) is 12.2. The summed E-state index contributed by atoms with van der Waals surface area (Å²) in [6.45, 7) is 0.549. The number of hydrogen-bond acceptors (Lipinski definition) is 10. The molecule has 4 amide bonds. The van der Waals surface area contributed by atoms with Crippen LogP contribution in [-0.2, 0) is 33.6 Å². The van der Waals surface area contributed by atoms with Gasteiger partial charge < -0.3 is 53.2 Å². The van der Waals surface area contributed by atoms with Crippen LogP contribution in [0.5, 0.6) is 0 Å². The van der Waals surface area contributed by atoms with E-state index >= 15 is 0 Å². The first-order chi connectivity index (χ1) is 18.2. The summed E-state index contributed by atoms with van der Waals surface area (Å²) in [4.78, 5) is 83.3. The third-order valence-electron chi connectivity index (χ3n) is 5.41. The number of carboxylic acids is 3. The van der Waals surface area contributed by atoms with E-state index in [9.17, 15) is 38.7 Å². The molecular formula is C22H38N6O11. The number of nitrogens with one attached hydrogen (secondary N) is 4. The summed E-state index contributed by atoms with van der Waals surface area (Å²) in [5.41, 5.74) is 11.1. The lowest BCUT2D eigenvalue weighted by Crippen LogP contribution is -2.59. The SMILES string of the molecule is CC(NC(=O)C(CO)NC(=O)C(CCCCN)NC(=O)C(CCC(=O)O)NC(=O)C(N)CCC(=O)O)C(=O)O. The fourth-order valence-electron chi connectivity index (χ4n) is 3.10. The molecule has 17 heteroatoms. The molecular weight excluding hydrogens is 524 g/mol. The maximum atomic E-state index is 13.0. The number of nitrogens with two attached hydrogens (primary N) is 2. The number of unbranched alkanes of at least 4 members (excludes halogenated alkanes) is 1. The Bertz CT molecular complexity index is 885. The maximum absolute atomic E-state index is 13.0. The minimum Gasteiger partial charge on any atom is -0.481 e. The van der Waals surface area contributed by atoms with Gasteiger partial charge in [-0.25, -0.2) is 0 Å². The van der Waals surface area contributed by atoms with Crippen molar-refractivity contribution in [2.45, 2.75) is 82.1 Å². The van der Waals surface area contributed by atoms with E-state index in [1.807, 2.05) is 0 Å². The first-order valence-electron chi connectivity index (χ1n) is 12.2. The van der Waals surface area contributed by atoms with E-state index in [1.165, 1.54) is 6.92 Å². The largest absolute Gasteiger partial charge is 0.481 e. The third kappa shape index (κ3) is 14.6. The number of hydrogen-bond donors (Lipinski definition) is 10. The van der Waals surface area contributed by atoms with E-state index in [0.717, 1.165) is 0 Å². The van der Waals surface area contributed by atoms with E-state index in [1.54, 1.807) is 0 Å². The van der Waals surface area contributed by atoms with Gasteiger partial charge in [0.15, 0.2) is 0 Å². The second-order valence-corrected chi connectivity index (χ2v) is 8.69. The lowest BCUT2D eigenvalue weighted by atomic mass is 10.0. The van der Waals surface area contributed by atoms with Crippen LogP contribution >= 0.6 is 0 Å². The van der Waals surface area contributed by atoms with Gasteiger partial charge in [0, 0.05) is 12.8 Å². The predicted octanol–water partition coefficient (Wildman–Crippen LogP) is -3.79. The number of amides is 4. The fourth-order valence-corrected chi connectivity index (χ4v) is 3.10. The molecule has 39 heavy (non-hydrogen) atoms. The molecule has 0 aliphatic rings. The van der Waals surface area contributed by atoms with Gasteiger partial charge in [-0.05, 0) is 45.6 Å². The molecule has 0 radical (unpaired) electrons. The Morgan fingerprint density at radius 1 is 0.667 bits per heavy atom. The summed E-state index contributed by atoms with van der Waals surface area (Å²) in [6.07, 6.45) is -0.785. The van der Waals surface area contributed by atoms with Gasteiger partial charge in [0.1, 0.15) is 24.2 Å². The summed E-state index contributed by atoms with van der Waals surface area (Å²) < 4.78 is 0. The summed E-state index contributed by atoms with van der Waals surface area (Å²) in [5, 5.41) is 45.2. The van der Waals surface area contributed by atoms with Crippen molar-refractivity contribution >= 4 is 41.5 Å². The van der Waals surface area contributed by atoms with Gasteiger partial charge in [-0.1, -0.05) is 0 Å². The van der Waals surface area contributed by atoms with Crippen LogP contribution in [0.3, 0.4) is 0 Å². The average Bonchev–Trinajstić information content (AvgIpc) is 2.86. The molecule has 0 rings (SSSR count). The quantitative estimate of drug-likeness (QED) is 0.0637. The standard InChI is InChI=1S/C22H38N6O11/c1-11(22(38)39)25-21(37)15(10-29)28-19(35)13(4-2-3-9-23)27-20(36)14(6-8-17(32)33)26-18(34)12(24)5-7-16(30)31/h11-15,29H,2-10,23-24H2,1H3,(H,25,37)(H,26,34)(H,27,36)(H,28,35)(H,30,31)(H,32,33)(H,38,39). The summed E-state index contributed by atoms with van der Waals surface area (Å²) in [6, 6.07) is -6.94. The van der Waals surface area contributed by atoms with Crippen LogP contribution in [0.1, 0.15) is 51.9 Å². The van der Waals surface area contributed by atoms with E-state index in [-0.39, 0.29) is 25.8 Å². The number of carbonyl (C=O) groups is 7. The highest BCUT2D eigenvalue weighted by Gasteiger charge is 2.31. The van der Waals surface area contributed by atoms with Gasteiger partial charge in [0.05, 0.1) is 12.6 Å². The van der Waals surface area contributed by atoms with Crippen LogP contribution in [-0.4, -0.2) is 105 Å². The molecule has 0 aliphatic carbocycles. The average molecular weight is 563 g/mol. The van der Waals surface area contributed by atoms with Crippen LogP contribution in [0.4, 0.5) is 0 Å². The Kier molecular flexibility index (Phi) is 16.6. The first kappa shape index (κ1) is 35.2. The van der Waals surface area contributed by atoms with Gasteiger partial charge in [0.25, 0.3) is 0 Å². The highest BCUT2D eigenvalue weighted by atomic mass is 16.4. The summed E-state index contributed by atoms with van der Waals surface area (Å²) in [7, 11) is 0. The van der Waals surface area contributed by atoms with Crippen molar-refractivity contribution < 1.29 is 54.0 Å². The number of aliphatic hydroxyl groups is 1. The van der Waals surface area contributed by atoms with Crippen molar-refractivity contribution in [1.29, 1.82) is 0 Å². The Labute approximate surface area is 224 Å². The van der Waals surface area contributed by atoms with Gasteiger partial charge in [-0.2, -0.15) is 0 Å². The van der Waals surface area contributed by atoms with Crippen LogP contribution in [0.15, 0.2) is 0 Å². The Balaban J connectivity index is 5.64. The zero-order valence-electron chi connectivity index (χ0n) is 21.6. The Hall–Kier alpha value is -3.83. The molecule has 0 fully saturated rings. The second-order valence-electron chi connectivity index (χ2n) is 8.69. The highest BCUT2D eigenvalue weighted by molar-refractivity contribution is 5.95. The highest BCUT2D eigenvalue weighted by Crippen LogP contribution is 2.06. The van der Waals surface area contributed by atoms with Crippen molar-refractivity contribution in [1.82, 2.24) is 21.3 Å². The molecule has 17 nitrogen and oxygen atoms in total. The molecule has 0 aromatic heterocycles. The van der Waals surface area contributed by atoms with Gasteiger partial charge >= 0.3 is 17.9 Å². The van der Waals surface area contributed by atoms with Crippen LogP contribution in [0, 0.1) is 0 Å². The molecule has 0 aromatic rings. The van der Waals surface area contributed by atoms with E-state index < -0.39 is 91.2 Å². The van der Waals surface area contributed by atoms with Gasteiger partial charge in [0.2, 0.25) is 23.6 Å². The summed E-state index contributed by atoms with van der Waals surface area (Å²) >= 11 is 0. The molecule has 0 saturated carbocycles. The topological polar surface area (TPSA) is 301 Å². The Morgan fingerprint density at radius 3 is 1.62 bits per heavy atom. The van der Waals surface area contributed by atoms with E-state index in [0.29, 0.717) is 12.8 Å². The molecule has 12 N–H and O–H groups in total. The fraction of sp³-hybridized carbons (Fsp3) is 0.682. The molecule has 5 unspecified atom stereocenters. The second kappa shape index (κ2) is 18.4. The summed E-state index contributed by atoms with van der Waals surface area (Å²) in [5.74, 6) is -7.59. The minimum atomic E-state index is -1.55. The molecule has 222 valence electrons. The van der Waals surface area contributed by atoms with Crippen molar-refractivity contribution in [3.63, 3.8) is 0 Å². The molecule has 0 aliphatic heterocycles. The molecule has 0 spiro atoms. The van der Waals surface area contributed by atoms with E-state index in [4.69, 9.17) is 26.8 Å². The molecule has 0 saturated heterocycles.